The molecule has 1 rings (SSSR count). The Hall–Kier alpha value is -1.75. The molecule has 0 atom stereocenters. The first-order valence-electron chi connectivity index (χ1n) is 6.05. The van der Waals surface area contributed by atoms with Gasteiger partial charge < -0.3 is 5.32 Å². The van der Waals surface area contributed by atoms with Crippen molar-refractivity contribution in [1.82, 2.24) is 5.32 Å². The maximum Gasteiger partial charge on any atom is 0.270 e. The average Bonchev–Trinajstić information content (AvgIpc) is 2.28. The summed E-state index contributed by atoms with van der Waals surface area (Å²) in [4.78, 5) is 10.1. The summed E-state index contributed by atoms with van der Waals surface area (Å²) in [6.07, 6.45) is 1.63. The molecule has 0 amide bonds. The number of benzene rings is 1. The molecule has 0 heterocycles. The Bertz CT molecular complexity index is 505. The summed E-state index contributed by atoms with van der Waals surface area (Å²) < 4.78 is 13.6. The van der Waals surface area contributed by atoms with Crippen LogP contribution in [0.15, 0.2) is 23.8 Å². The zero-order valence-electron chi connectivity index (χ0n) is 11.7. The van der Waals surface area contributed by atoms with Crippen LogP contribution in [-0.2, 0) is 0 Å². The number of hydrogen-bond donors (Lipinski definition) is 1. The first kappa shape index (κ1) is 15.3. The average molecular weight is 266 g/mol. The zero-order valence-corrected chi connectivity index (χ0v) is 11.7. The molecule has 19 heavy (non-hydrogen) atoms. The van der Waals surface area contributed by atoms with E-state index in [0.29, 0.717) is 6.54 Å². The molecular weight excluding hydrogens is 247 g/mol. The van der Waals surface area contributed by atoms with Gasteiger partial charge in [0.15, 0.2) is 0 Å². The van der Waals surface area contributed by atoms with Crippen LogP contribution in [0.4, 0.5) is 10.1 Å². The van der Waals surface area contributed by atoms with Gasteiger partial charge in [-0.2, -0.15) is 0 Å². The lowest BCUT2D eigenvalue weighted by molar-refractivity contribution is -0.384. The smallest absolute Gasteiger partial charge is 0.270 e. The number of nitro benzene ring substituents is 1. The Morgan fingerprint density at radius 1 is 1.47 bits per heavy atom. The molecule has 0 bridgehead atoms. The summed E-state index contributed by atoms with van der Waals surface area (Å²) in [6.45, 7) is 8.57. The van der Waals surface area contributed by atoms with Crippen molar-refractivity contribution in [1.29, 1.82) is 0 Å². The molecule has 5 heteroatoms. The van der Waals surface area contributed by atoms with Gasteiger partial charge in [-0.15, -0.1) is 0 Å². The largest absolute Gasteiger partial charge is 0.308 e. The number of nitrogens with one attached hydrogen (secondary N) is 1. The molecule has 0 radical (unpaired) electrons. The maximum absolute atomic E-state index is 13.6. The molecule has 0 unspecified atom stereocenters. The van der Waals surface area contributed by atoms with Crippen molar-refractivity contribution < 1.29 is 9.31 Å². The minimum absolute atomic E-state index is 0.0314. The van der Waals surface area contributed by atoms with E-state index in [-0.39, 0.29) is 16.8 Å². The molecule has 0 aliphatic rings. The van der Waals surface area contributed by atoms with Crippen molar-refractivity contribution >= 4 is 11.8 Å². The minimum Gasteiger partial charge on any atom is -0.308 e. The lowest BCUT2D eigenvalue weighted by atomic mass is 10.1. The molecule has 0 saturated carbocycles. The Labute approximate surface area is 112 Å². The quantitative estimate of drug-likeness (QED) is 0.670. The van der Waals surface area contributed by atoms with Crippen LogP contribution in [0.1, 0.15) is 33.3 Å². The Morgan fingerprint density at radius 3 is 2.63 bits per heavy atom. The SMILES string of the molecule is C/C(=C/c1cc([N+](=O)[O-])ccc1F)CNC(C)(C)C. The van der Waals surface area contributed by atoms with E-state index in [2.05, 4.69) is 5.32 Å². The van der Waals surface area contributed by atoms with Crippen LogP contribution >= 0.6 is 0 Å². The number of nitrogens with zero attached hydrogens (tertiary/aromatic N) is 1. The summed E-state index contributed by atoms with van der Waals surface area (Å²) in [5.41, 5.74) is 1.01. The third-order valence-corrected chi connectivity index (χ3v) is 2.49. The van der Waals surface area contributed by atoms with Gasteiger partial charge >= 0.3 is 0 Å². The Morgan fingerprint density at radius 2 is 2.11 bits per heavy atom. The molecule has 0 saturated heterocycles. The van der Waals surface area contributed by atoms with Gasteiger partial charge in [0, 0.05) is 29.8 Å². The van der Waals surface area contributed by atoms with Gasteiger partial charge in [-0.25, -0.2) is 4.39 Å². The summed E-state index contributed by atoms with van der Waals surface area (Å²) in [7, 11) is 0. The van der Waals surface area contributed by atoms with Crippen LogP contribution < -0.4 is 5.32 Å². The second-order valence-electron chi connectivity index (χ2n) is 5.56. The second-order valence-corrected chi connectivity index (χ2v) is 5.56. The van der Waals surface area contributed by atoms with Gasteiger partial charge in [-0.1, -0.05) is 11.6 Å². The molecule has 1 N–H and O–H groups in total. The summed E-state index contributed by atoms with van der Waals surface area (Å²) in [6, 6.07) is 3.53. The van der Waals surface area contributed by atoms with E-state index in [0.717, 1.165) is 17.7 Å². The van der Waals surface area contributed by atoms with E-state index >= 15 is 0 Å². The van der Waals surface area contributed by atoms with Crippen LogP contribution in [0.25, 0.3) is 6.08 Å². The van der Waals surface area contributed by atoms with Gasteiger partial charge in [-0.05, 0) is 33.8 Å². The fourth-order valence-electron chi connectivity index (χ4n) is 1.48. The van der Waals surface area contributed by atoms with Crippen molar-refractivity contribution in [3.05, 3.63) is 45.3 Å². The van der Waals surface area contributed by atoms with Crippen molar-refractivity contribution in [2.45, 2.75) is 33.2 Å². The monoisotopic (exact) mass is 266 g/mol. The first-order chi connectivity index (χ1) is 8.69. The van der Waals surface area contributed by atoms with E-state index in [1.165, 1.54) is 6.07 Å². The van der Waals surface area contributed by atoms with Gasteiger partial charge in [0.05, 0.1) is 4.92 Å². The standard InChI is InChI=1S/C14H19FN2O2/c1-10(9-16-14(2,3)4)7-11-8-12(17(18)19)5-6-13(11)15/h5-8,16H,9H2,1-4H3/b10-7-. The molecule has 0 aliphatic heterocycles. The number of hydrogen-bond acceptors (Lipinski definition) is 3. The van der Waals surface area contributed by atoms with Crippen LogP contribution in [0.2, 0.25) is 0 Å². The fourth-order valence-corrected chi connectivity index (χ4v) is 1.48. The van der Waals surface area contributed by atoms with Gasteiger partial charge in [0.2, 0.25) is 0 Å². The summed E-state index contributed by atoms with van der Waals surface area (Å²) in [5.74, 6) is -0.458. The lowest BCUT2D eigenvalue weighted by Gasteiger charge is -2.20. The molecule has 1 aromatic rings. The predicted molar refractivity (Wildman–Crippen MR) is 74.5 cm³/mol. The van der Waals surface area contributed by atoms with Gasteiger partial charge in [-0.3, -0.25) is 10.1 Å². The van der Waals surface area contributed by atoms with Crippen molar-refractivity contribution in [3.8, 4) is 0 Å². The molecule has 0 spiro atoms. The molecule has 4 nitrogen and oxygen atoms in total. The maximum atomic E-state index is 13.6. The molecule has 0 aliphatic carbocycles. The van der Waals surface area contributed by atoms with Crippen LogP contribution in [0.3, 0.4) is 0 Å². The highest BCUT2D eigenvalue weighted by Crippen LogP contribution is 2.19. The van der Waals surface area contributed by atoms with Crippen LogP contribution in [0.5, 0.6) is 0 Å². The van der Waals surface area contributed by atoms with E-state index in [1.54, 1.807) is 6.08 Å². The topological polar surface area (TPSA) is 55.2 Å². The second kappa shape index (κ2) is 5.93. The Balaban J connectivity index is 2.90. The molecule has 104 valence electrons. The number of nitro groups is 1. The normalized spacial score (nSPS) is 12.6. The summed E-state index contributed by atoms with van der Waals surface area (Å²) >= 11 is 0. The highest BCUT2D eigenvalue weighted by molar-refractivity contribution is 5.56. The highest BCUT2D eigenvalue weighted by Gasteiger charge is 2.11. The van der Waals surface area contributed by atoms with E-state index in [4.69, 9.17) is 0 Å². The number of rotatable bonds is 4. The first-order valence-corrected chi connectivity index (χ1v) is 6.05. The molecule has 0 aromatic heterocycles. The Kier molecular flexibility index (Phi) is 4.78. The van der Waals surface area contributed by atoms with Crippen LogP contribution in [0, 0.1) is 15.9 Å². The van der Waals surface area contributed by atoms with E-state index in [9.17, 15) is 14.5 Å². The predicted octanol–water partition coefficient (Wildman–Crippen LogP) is 3.53. The van der Waals surface area contributed by atoms with Gasteiger partial charge in [0.25, 0.3) is 5.69 Å². The summed E-state index contributed by atoms with van der Waals surface area (Å²) in [5, 5.41) is 13.9. The van der Waals surface area contributed by atoms with Crippen molar-refractivity contribution in [2.24, 2.45) is 0 Å². The van der Waals surface area contributed by atoms with Crippen molar-refractivity contribution in [3.63, 3.8) is 0 Å². The third-order valence-electron chi connectivity index (χ3n) is 2.49. The third kappa shape index (κ3) is 5.18. The van der Waals surface area contributed by atoms with E-state index in [1.807, 2.05) is 27.7 Å². The molecule has 0 fully saturated rings. The van der Waals surface area contributed by atoms with Crippen molar-refractivity contribution in [2.75, 3.05) is 6.54 Å². The number of non-ortho nitro benzene ring substituents is 1. The number of halogens is 1. The minimum atomic E-state index is -0.528. The highest BCUT2D eigenvalue weighted by atomic mass is 19.1. The van der Waals surface area contributed by atoms with Crippen LogP contribution in [-0.4, -0.2) is 17.0 Å². The molecule has 1 aromatic carbocycles. The lowest BCUT2D eigenvalue weighted by Crippen LogP contribution is -2.36. The fraction of sp³-hybridized carbons (Fsp3) is 0.429. The molecular formula is C14H19FN2O2. The van der Waals surface area contributed by atoms with E-state index < -0.39 is 10.7 Å². The zero-order chi connectivity index (χ0) is 14.6. The van der Waals surface area contributed by atoms with Gasteiger partial charge in [0.1, 0.15) is 5.82 Å².